The lowest BCUT2D eigenvalue weighted by Gasteiger charge is -2.00. The maximum absolute atomic E-state index is 12.0. The number of imide groups is 1. The molecule has 0 bridgehead atoms. The van der Waals surface area contributed by atoms with Crippen molar-refractivity contribution in [3.05, 3.63) is 40.9 Å². The molecule has 3 amide bonds. The smallest absolute Gasteiger partial charge is 0.293 e. The summed E-state index contributed by atoms with van der Waals surface area (Å²) >= 11 is 0.906. The Morgan fingerprint density at radius 2 is 2.05 bits per heavy atom. The number of hydrogen-bond acceptors (Lipinski definition) is 4. The molecule has 0 atom stereocenters. The highest BCUT2D eigenvalue weighted by atomic mass is 32.2. The van der Waals surface area contributed by atoms with Crippen molar-refractivity contribution in [3.8, 4) is 0 Å². The number of carbonyl (C=O) groups is 3. The van der Waals surface area contributed by atoms with E-state index in [4.69, 9.17) is 5.73 Å². The van der Waals surface area contributed by atoms with Crippen LogP contribution in [0.2, 0.25) is 0 Å². The third kappa shape index (κ3) is 2.39. The number of carbonyl (C=O) groups excluding carboxylic acids is 3. The fraction of sp³-hybridized carbons (Fsp3) is 0.133. The summed E-state index contributed by atoms with van der Waals surface area (Å²) < 4.78 is 1.74. The molecular weight excluding hydrogens is 302 g/mol. The highest BCUT2D eigenvalue weighted by Crippen LogP contribution is 2.33. The lowest BCUT2D eigenvalue weighted by molar-refractivity contribution is -0.122. The second-order valence-electron chi connectivity index (χ2n) is 4.94. The normalized spacial score (nSPS) is 17.0. The van der Waals surface area contributed by atoms with Gasteiger partial charge < -0.3 is 10.3 Å². The molecule has 1 fully saturated rings. The number of benzene rings is 1. The van der Waals surface area contributed by atoms with Gasteiger partial charge >= 0.3 is 0 Å². The molecule has 7 heteroatoms. The van der Waals surface area contributed by atoms with Crippen molar-refractivity contribution < 1.29 is 14.4 Å². The van der Waals surface area contributed by atoms with E-state index >= 15 is 0 Å². The van der Waals surface area contributed by atoms with Crippen LogP contribution in [0.15, 0.2) is 35.4 Å². The maximum Gasteiger partial charge on any atom is 0.293 e. The fourth-order valence-electron chi connectivity index (χ4n) is 2.38. The molecule has 112 valence electrons. The predicted octanol–water partition coefficient (Wildman–Crippen LogP) is 1.79. The van der Waals surface area contributed by atoms with E-state index in [-0.39, 0.29) is 17.7 Å². The van der Waals surface area contributed by atoms with Gasteiger partial charge in [-0.25, -0.2) is 0 Å². The van der Waals surface area contributed by atoms with E-state index in [0.29, 0.717) is 4.91 Å². The minimum Gasteiger partial charge on any atom is -0.368 e. The lowest BCUT2D eigenvalue weighted by Crippen LogP contribution is -2.22. The Labute approximate surface area is 130 Å². The molecule has 1 saturated heterocycles. The summed E-state index contributed by atoms with van der Waals surface area (Å²) in [6.45, 7) is 0.0591. The van der Waals surface area contributed by atoms with Crippen LogP contribution < -0.4 is 5.73 Å². The number of primary amides is 1. The molecular formula is C15H13N3O3S. The first-order valence-electron chi connectivity index (χ1n) is 6.55. The van der Waals surface area contributed by atoms with Gasteiger partial charge in [0.05, 0.1) is 4.91 Å². The number of hydrogen-bond donors (Lipinski definition) is 1. The van der Waals surface area contributed by atoms with Crippen molar-refractivity contribution in [3.63, 3.8) is 0 Å². The summed E-state index contributed by atoms with van der Waals surface area (Å²) in [4.78, 5) is 36.2. The molecule has 3 rings (SSSR count). The monoisotopic (exact) mass is 315 g/mol. The molecule has 1 aliphatic rings. The lowest BCUT2D eigenvalue weighted by atomic mass is 10.1. The molecule has 0 saturated carbocycles. The van der Waals surface area contributed by atoms with E-state index in [1.54, 1.807) is 16.8 Å². The fourth-order valence-corrected chi connectivity index (χ4v) is 3.19. The summed E-state index contributed by atoms with van der Waals surface area (Å²) in [6, 6.07) is 7.51. The van der Waals surface area contributed by atoms with Crippen molar-refractivity contribution in [1.29, 1.82) is 0 Å². The van der Waals surface area contributed by atoms with Gasteiger partial charge in [0.15, 0.2) is 0 Å². The van der Waals surface area contributed by atoms with Crippen LogP contribution in [0.3, 0.4) is 0 Å². The molecule has 1 aromatic heterocycles. The number of nitrogens with zero attached hydrogens (tertiary/aromatic N) is 2. The van der Waals surface area contributed by atoms with E-state index in [2.05, 4.69) is 0 Å². The van der Waals surface area contributed by atoms with Crippen molar-refractivity contribution >= 4 is 45.8 Å². The Morgan fingerprint density at radius 1 is 1.32 bits per heavy atom. The van der Waals surface area contributed by atoms with Crippen LogP contribution in [0.5, 0.6) is 0 Å². The average molecular weight is 315 g/mol. The Morgan fingerprint density at radius 3 is 2.68 bits per heavy atom. The Hall–Kier alpha value is -2.54. The first-order chi connectivity index (χ1) is 10.5. The minimum absolute atomic E-state index is 0.0591. The molecule has 22 heavy (non-hydrogen) atoms. The topological polar surface area (TPSA) is 85.4 Å². The molecule has 0 aliphatic carbocycles. The number of aromatic nitrogens is 1. The Balaban J connectivity index is 2.10. The Kier molecular flexibility index (Phi) is 3.50. The van der Waals surface area contributed by atoms with Crippen molar-refractivity contribution in [1.82, 2.24) is 9.47 Å². The van der Waals surface area contributed by atoms with Gasteiger partial charge in [0.25, 0.3) is 11.1 Å². The van der Waals surface area contributed by atoms with E-state index in [1.165, 1.54) is 7.05 Å². The van der Waals surface area contributed by atoms with Crippen LogP contribution >= 0.6 is 11.8 Å². The first-order valence-corrected chi connectivity index (χ1v) is 7.37. The van der Waals surface area contributed by atoms with E-state index in [1.807, 2.05) is 24.3 Å². The molecule has 6 nitrogen and oxygen atoms in total. The van der Waals surface area contributed by atoms with Crippen LogP contribution in [-0.2, 0) is 16.1 Å². The summed E-state index contributed by atoms with van der Waals surface area (Å²) in [6.07, 6.45) is 3.44. The second-order valence-corrected chi connectivity index (χ2v) is 5.93. The zero-order valence-electron chi connectivity index (χ0n) is 11.8. The minimum atomic E-state index is -0.443. The standard InChI is InChI=1S/C15H13N3O3S/c1-17-14(20)12(22-15(17)21)6-9-7-18(8-13(16)19)11-5-3-2-4-10(9)11/h2-7H,8H2,1H3,(H2,16,19)/b12-6-. The molecule has 2 heterocycles. The van der Waals surface area contributed by atoms with E-state index in [0.717, 1.165) is 33.1 Å². The molecule has 1 aromatic carbocycles. The molecule has 0 spiro atoms. The van der Waals surface area contributed by atoms with Crippen LogP contribution in [0, 0.1) is 0 Å². The highest BCUT2D eigenvalue weighted by Gasteiger charge is 2.32. The van der Waals surface area contributed by atoms with Gasteiger partial charge in [-0.3, -0.25) is 19.3 Å². The van der Waals surface area contributed by atoms with Gasteiger partial charge in [0, 0.05) is 29.7 Å². The SMILES string of the molecule is CN1C(=O)S/C(=C\c2cn(CC(N)=O)c3ccccc23)C1=O. The van der Waals surface area contributed by atoms with Gasteiger partial charge in [0.2, 0.25) is 5.91 Å². The van der Waals surface area contributed by atoms with Crippen molar-refractivity contribution in [2.45, 2.75) is 6.54 Å². The Bertz CT molecular complexity index is 838. The predicted molar refractivity (Wildman–Crippen MR) is 84.9 cm³/mol. The van der Waals surface area contributed by atoms with Gasteiger partial charge in [-0.15, -0.1) is 0 Å². The quantitative estimate of drug-likeness (QED) is 0.875. The van der Waals surface area contributed by atoms with E-state index in [9.17, 15) is 14.4 Å². The van der Waals surface area contributed by atoms with Crippen molar-refractivity contribution in [2.75, 3.05) is 7.05 Å². The summed E-state index contributed by atoms with van der Waals surface area (Å²) in [7, 11) is 1.45. The van der Waals surface area contributed by atoms with Gasteiger partial charge in [-0.1, -0.05) is 18.2 Å². The molecule has 2 N–H and O–H groups in total. The summed E-state index contributed by atoms with van der Waals surface area (Å²) in [5, 5.41) is 0.601. The third-order valence-corrected chi connectivity index (χ3v) is 4.38. The van der Waals surface area contributed by atoms with Crippen LogP contribution in [0.4, 0.5) is 4.79 Å². The number of amides is 3. The second kappa shape index (κ2) is 5.34. The van der Waals surface area contributed by atoms with Gasteiger partial charge in [-0.2, -0.15) is 0 Å². The highest BCUT2D eigenvalue weighted by molar-refractivity contribution is 8.18. The van der Waals surface area contributed by atoms with Crippen LogP contribution in [-0.4, -0.2) is 33.6 Å². The molecule has 2 aromatic rings. The van der Waals surface area contributed by atoms with E-state index < -0.39 is 5.91 Å². The number of thioether (sulfide) groups is 1. The number of nitrogens with two attached hydrogens (primary N) is 1. The average Bonchev–Trinajstić information content (AvgIpc) is 2.93. The van der Waals surface area contributed by atoms with Crippen molar-refractivity contribution in [2.24, 2.45) is 5.73 Å². The maximum atomic E-state index is 12.0. The summed E-state index contributed by atoms with van der Waals surface area (Å²) in [5.41, 5.74) is 6.89. The zero-order chi connectivity index (χ0) is 15.9. The number of fused-ring (bicyclic) bond motifs is 1. The largest absolute Gasteiger partial charge is 0.368 e. The van der Waals surface area contributed by atoms with Crippen LogP contribution in [0.1, 0.15) is 5.56 Å². The number of rotatable bonds is 3. The van der Waals surface area contributed by atoms with Gasteiger partial charge in [-0.05, 0) is 23.9 Å². The number of para-hydroxylation sites is 1. The third-order valence-electron chi connectivity index (χ3n) is 3.42. The number of likely N-dealkylation sites (N-methyl/N-ethyl adjacent to an activating group) is 1. The van der Waals surface area contributed by atoms with Crippen LogP contribution in [0.25, 0.3) is 17.0 Å². The van der Waals surface area contributed by atoms with Gasteiger partial charge in [0.1, 0.15) is 6.54 Å². The molecule has 0 radical (unpaired) electrons. The molecule has 0 unspecified atom stereocenters. The summed E-state index contributed by atoms with van der Waals surface area (Å²) in [5.74, 6) is -0.761. The first kappa shape index (κ1) is 14.4. The zero-order valence-corrected chi connectivity index (χ0v) is 12.6. The molecule has 1 aliphatic heterocycles.